The van der Waals surface area contributed by atoms with E-state index in [-0.39, 0.29) is 0 Å². The molecule has 0 aliphatic heterocycles. The van der Waals surface area contributed by atoms with Gasteiger partial charge in [0.2, 0.25) is 0 Å². The lowest BCUT2D eigenvalue weighted by Crippen LogP contribution is -1.75. The Bertz CT molecular complexity index is 150. The first-order chi connectivity index (χ1) is 3.93. The average Bonchev–Trinajstić information content (AvgIpc) is 1.90. The summed E-state index contributed by atoms with van der Waals surface area (Å²) < 4.78 is 0. The van der Waals surface area contributed by atoms with Crippen molar-refractivity contribution in [3.05, 3.63) is 30.1 Å². The van der Waals surface area contributed by atoms with Crippen LogP contribution in [0.25, 0.3) is 0 Å². The summed E-state index contributed by atoms with van der Waals surface area (Å²) in [7, 11) is 0. The van der Waals surface area contributed by atoms with Crippen LogP contribution >= 0.6 is 12.6 Å². The zero-order valence-corrected chi connectivity index (χ0v) is 5.19. The minimum Gasteiger partial charge on any atom is -0.264 e. The highest BCUT2D eigenvalue weighted by Crippen LogP contribution is 1.97. The number of pyridine rings is 1. The highest BCUT2D eigenvalue weighted by Gasteiger charge is 1.82. The molecule has 2 heteroatoms. The van der Waals surface area contributed by atoms with Crippen LogP contribution in [0.3, 0.4) is 0 Å². The second kappa shape index (κ2) is 2.72. The Labute approximate surface area is 54.2 Å². The summed E-state index contributed by atoms with van der Waals surface area (Å²) in [5, 5.41) is 0. The van der Waals surface area contributed by atoms with Gasteiger partial charge in [0, 0.05) is 18.1 Å². The third-order valence-corrected chi connectivity index (χ3v) is 1.22. The van der Waals surface area contributed by atoms with Gasteiger partial charge in [0.25, 0.3) is 0 Å². The molecular formula is C6H6NS. The van der Waals surface area contributed by atoms with Crippen molar-refractivity contribution in [2.75, 3.05) is 0 Å². The molecule has 1 rings (SSSR count). The Kier molecular flexibility index (Phi) is 1.92. The molecule has 0 fully saturated rings. The van der Waals surface area contributed by atoms with Crippen molar-refractivity contribution in [2.24, 2.45) is 0 Å². The van der Waals surface area contributed by atoms with Gasteiger partial charge in [-0.05, 0) is 11.6 Å². The average molecular weight is 124 g/mol. The lowest BCUT2D eigenvalue weighted by molar-refractivity contribution is 1.26. The minimum absolute atomic E-state index is 0.661. The fraction of sp³-hybridized carbons (Fsp3) is 0.167. The molecule has 0 aliphatic rings. The Morgan fingerprint density at radius 2 is 2.50 bits per heavy atom. The molecule has 1 aromatic heterocycles. The molecule has 0 unspecified atom stereocenters. The van der Waals surface area contributed by atoms with Crippen molar-refractivity contribution in [1.29, 1.82) is 0 Å². The van der Waals surface area contributed by atoms with Gasteiger partial charge in [-0.1, -0.05) is 18.7 Å². The molecule has 1 nitrogen and oxygen atoms in total. The largest absolute Gasteiger partial charge is 0.264 e. The maximum absolute atomic E-state index is 4.78. The summed E-state index contributed by atoms with van der Waals surface area (Å²) in [4.78, 5) is 3.89. The van der Waals surface area contributed by atoms with Gasteiger partial charge in [0.1, 0.15) is 0 Å². The quantitative estimate of drug-likeness (QED) is 0.556. The van der Waals surface area contributed by atoms with Crippen LogP contribution in [0.4, 0.5) is 0 Å². The number of aromatic nitrogens is 1. The molecule has 0 bridgehead atoms. The maximum Gasteiger partial charge on any atom is 0.0308 e. The SMILES string of the molecule is [S]Cc1cccnc1. The molecule has 1 aromatic rings. The molecule has 0 N–H and O–H groups in total. The van der Waals surface area contributed by atoms with Crippen LogP contribution in [0.15, 0.2) is 24.5 Å². The van der Waals surface area contributed by atoms with Gasteiger partial charge in [-0.25, -0.2) is 0 Å². The molecule has 41 valence electrons. The third kappa shape index (κ3) is 1.23. The van der Waals surface area contributed by atoms with Crippen molar-refractivity contribution >= 4 is 12.6 Å². The van der Waals surface area contributed by atoms with E-state index in [0.29, 0.717) is 5.75 Å². The van der Waals surface area contributed by atoms with Crippen LogP contribution in [-0.4, -0.2) is 4.98 Å². The summed E-state index contributed by atoms with van der Waals surface area (Å²) in [5.74, 6) is 0.661. The van der Waals surface area contributed by atoms with Crippen molar-refractivity contribution in [1.82, 2.24) is 4.98 Å². The molecule has 0 aromatic carbocycles. The molecule has 0 spiro atoms. The van der Waals surface area contributed by atoms with Gasteiger partial charge in [-0.15, -0.1) is 0 Å². The fourth-order valence-electron chi connectivity index (χ4n) is 0.484. The van der Waals surface area contributed by atoms with Crippen molar-refractivity contribution < 1.29 is 0 Å². The molecule has 0 amide bonds. The summed E-state index contributed by atoms with van der Waals surface area (Å²) in [6.45, 7) is 0. The van der Waals surface area contributed by atoms with E-state index in [4.69, 9.17) is 12.6 Å². The fourth-order valence-corrected chi connectivity index (χ4v) is 0.654. The van der Waals surface area contributed by atoms with Crippen molar-refractivity contribution in [3.63, 3.8) is 0 Å². The van der Waals surface area contributed by atoms with E-state index in [9.17, 15) is 0 Å². The van der Waals surface area contributed by atoms with Crippen LogP contribution < -0.4 is 0 Å². The van der Waals surface area contributed by atoms with E-state index in [1.807, 2.05) is 12.1 Å². The lowest BCUT2D eigenvalue weighted by Gasteiger charge is -1.87. The zero-order valence-electron chi connectivity index (χ0n) is 4.37. The predicted molar refractivity (Wildman–Crippen MR) is 35.5 cm³/mol. The Hall–Kier alpha value is -0.500. The Morgan fingerprint density at radius 3 is 2.88 bits per heavy atom. The summed E-state index contributed by atoms with van der Waals surface area (Å²) in [5.41, 5.74) is 1.11. The Balaban J connectivity index is 2.83. The molecule has 0 atom stereocenters. The second-order valence-electron chi connectivity index (χ2n) is 1.51. The van der Waals surface area contributed by atoms with E-state index in [1.165, 1.54) is 0 Å². The first kappa shape index (κ1) is 5.63. The van der Waals surface area contributed by atoms with Crippen LogP contribution in [-0.2, 0) is 5.75 Å². The highest BCUT2D eigenvalue weighted by atomic mass is 32.1. The smallest absolute Gasteiger partial charge is 0.0308 e. The van der Waals surface area contributed by atoms with Gasteiger partial charge < -0.3 is 0 Å². The van der Waals surface area contributed by atoms with Crippen molar-refractivity contribution in [2.45, 2.75) is 5.75 Å². The Morgan fingerprint density at radius 1 is 1.62 bits per heavy atom. The van der Waals surface area contributed by atoms with Crippen molar-refractivity contribution in [3.8, 4) is 0 Å². The molecular weight excluding hydrogens is 118 g/mol. The molecule has 0 saturated heterocycles. The van der Waals surface area contributed by atoms with Crippen LogP contribution in [0.2, 0.25) is 0 Å². The summed E-state index contributed by atoms with van der Waals surface area (Å²) >= 11 is 4.78. The van der Waals surface area contributed by atoms with E-state index < -0.39 is 0 Å². The summed E-state index contributed by atoms with van der Waals surface area (Å²) in [6, 6.07) is 3.86. The van der Waals surface area contributed by atoms with Gasteiger partial charge in [-0.2, -0.15) is 0 Å². The molecule has 0 saturated carbocycles. The normalized spacial score (nSPS) is 9.12. The second-order valence-corrected chi connectivity index (χ2v) is 1.79. The molecule has 1 radical (unpaired) electrons. The topological polar surface area (TPSA) is 12.9 Å². The first-order valence-corrected chi connectivity index (χ1v) is 2.98. The van der Waals surface area contributed by atoms with Gasteiger partial charge in [0.05, 0.1) is 0 Å². The van der Waals surface area contributed by atoms with Gasteiger partial charge in [-0.3, -0.25) is 4.98 Å². The van der Waals surface area contributed by atoms with E-state index in [1.54, 1.807) is 12.4 Å². The monoisotopic (exact) mass is 124 g/mol. The maximum atomic E-state index is 4.78. The molecule has 8 heavy (non-hydrogen) atoms. The number of rotatable bonds is 1. The van der Waals surface area contributed by atoms with Gasteiger partial charge >= 0.3 is 0 Å². The number of nitrogens with zero attached hydrogens (tertiary/aromatic N) is 1. The predicted octanol–water partition coefficient (Wildman–Crippen LogP) is 1.78. The summed E-state index contributed by atoms with van der Waals surface area (Å²) in [6.07, 6.45) is 3.53. The van der Waals surface area contributed by atoms with Gasteiger partial charge in [0.15, 0.2) is 0 Å². The van der Waals surface area contributed by atoms with E-state index >= 15 is 0 Å². The minimum atomic E-state index is 0.661. The lowest BCUT2D eigenvalue weighted by atomic mass is 10.3. The van der Waals surface area contributed by atoms with E-state index in [0.717, 1.165) is 5.56 Å². The number of hydrogen-bond donors (Lipinski definition) is 0. The van der Waals surface area contributed by atoms with Crippen LogP contribution in [0, 0.1) is 0 Å². The standard InChI is InChI=1S/C6H6NS/c8-5-6-2-1-3-7-4-6/h1-4H,5H2. The van der Waals surface area contributed by atoms with E-state index in [2.05, 4.69) is 4.98 Å². The first-order valence-electron chi connectivity index (χ1n) is 2.40. The third-order valence-electron chi connectivity index (χ3n) is 0.889. The number of hydrogen-bond acceptors (Lipinski definition) is 1. The molecule has 0 aliphatic carbocycles. The zero-order chi connectivity index (χ0) is 5.82. The van der Waals surface area contributed by atoms with Crippen LogP contribution in [0.1, 0.15) is 5.56 Å². The van der Waals surface area contributed by atoms with Crippen LogP contribution in [0.5, 0.6) is 0 Å². The highest BCUT2D eigenvalue weighted by molar-refractivity contribution is 7.79. The molecule has 1 heterocycles.